The number of amides is 1. The molecule has 0 bridgehead atoms. The quantitative estimate of drug-likeness (QED) is 0.455. The monoisotopic (exact) mass is 237 g/mol. The summed E-state index contributed by atoms with van der Waals surface area (Å²) in [5, 5.41) is -0.201. The first kappa shape index (κ1) is 11.3. The van der Waals surface area contributed by atoms with Crippen LogP contribution < -0.4 is 16.2 Å². The van der Waals surface area contributed by atoms with Crippen LogP contribution in [0.25, 0.3) is 0 Å². The fraction of sp³-hybridized carbons (Fsp3) is 0.364. The van der Waals surface area contributed by atoms with E-state index < -0.39 is 0 Å². The van der Waals surface area contributed by atoms with Gasteiger partial charge in [-0.25, -0.2) is 5.84 Å². The number of nitrogens with two attached hydrogens (primary N) is 1. The van der Waals surface area contributed by atoms with Crippen LogP contribution in [0.15, 0.2) is 24.3 Å². The van der Waals surface area contributed by atoms with Crippen LogP contribution in [0.3, 0.4) is 0 Å². The molecule has 4 nitrogen and oxygen atoms in total. The van der Waals surface area contributed by atoms with Gasteiger partial charge in [0.1, 0.15) is 0 Å². The lowest BCUT2D eigenvalue weighted by Gasteiger charge is -2.24. The molecule has 0 radical (unpaired) electrons. The molecule has 1 aliphatic heterocycles. The smallest absolute Gasteiger partial charge is 0.267 e. The van der Waals surface area contributed by atoms with Crippen molar-refractivity contribution in [1.82, 2.24) is 5.43 Å². The van der Waals surface area contributed by atoms with Crippen LogP contribution >= 0.6 is 11.8 Å². The molecule has 0 aromatic heterocycles. The largest absolute Gasteiger partial charge is 0.351 e. The van der Waals surface area contributed by atoms with Crippen LogP contribution in [-0.2, 0) is 4.79 Å². The topological polar surface area (TPSA) is 58.4 Å². The van der Waals surface area contributed by atoms with Crippen LogP contribution in [-0.4, -0.2) is 23.6 Å². The van der Waals surface area contributed by atoms with Crippen molar-refractivity contribution in [2.75, 3.05) is 17.2 Å². The Balaban J connectivity index is 2.19. The predicted octanol–water partition coefficient (Wildman–Crippen LogP) is 0.864. The maximum absolute atomic E-state index is 11.6. The van der Waals surface area contributed by atoms with Gasteiger partial charge in [0, 0.05) is 18.0 Å². The number of rotatable bonds is 2. The van der Waals surface area contributed by atoms with Crippen molar-refractivity contribution >= 4 is 23.4 Å². The lowest BCUT2D eigenvalue weighted by molar-refractivity contribution is -0.120. The zero-order valence-electron chi connectivity index (χ0n) is 9.14. The van der Waals surface area contributed by atoms with E-state index in [4.69, 9.17) is 5.84 Å². The Hall–Kier alpha value is -1.20. The summed E-state index contributed by atoms with van der Waals surface area (Å²) in [6.07, 6.45) is 0. The highest BCUT2D eigenvalue weighted by molar-refractivity contribution is 8.01. The SMILES string of the molecule is Cc1ccc(N2CCS[C@@H]2C(=O)NN)cc1. The van der Waals surface area contributed by atoms with Crippen molar-refractivity contribution in [3.05, 3.63) is 29.8 Å². The van der Waals surface area contributed by atoms with Crippen molar-refractivity contribution in [1.29, 1.82) is 0 Å². The van der Waals surface area contributed by atoms with Gasteiger partial charge in [0.2, 0.25) is 0 Å². The van der Waals surface area contributed by atoms with E-state index in [1.165, 1.54) is 5.56 Å². The molecular weight excluding hydrogens is 222 g/mol. The minimum absolute atomic E-state index is 0.136. The summed E-state index contributed by atoms with van der Waals surface area (Å²) in [6.45, 7) is 2.93. The van der Waals surface area contributed by atoms with E-state index >= 15 is 0 Å². The Kier molecular flexibility index (Phi) is 3.36. The number of hydrazine groups is 1. The first-order valence-corrected chi connectivity index (χ1v) is 6.22. The third kappa shape index (κ3) is 2.15. The Labute approximate surface area is 99.2 Å². The van der Waals surface area contributed by atoms with E-state index in [-0.39, 0.29) is 11.3 Å². The molecular formula is C11H15N3OS. The second kappa shape index (κ2) is 4.76. The zero-order chi connectivity index (χ0) is 11.5. The van der Waals surface area contributed by atoms with Crippen LogP contribution in [0.1, 0.15) is 5.56 Å². The predicted molar refractivity (Wildman–Crippen MR) is 67.1 cm³/mol. The van der Waals surface area contributed by atoms with Crippen molar-refractivity contribution < 1.29 is 4.79 Å². The Morgan fingerprint density at radius 3 is 2.81 bits per heavy atom. The van der Waals surface area contributed by atoms with Crippen molar-refractivity contribution in [3.63, 3.8) is 0 Å². The summed E-state index contributed by atoms with van der Waals surface area (Å²) in [5.41, 5.74) is 4.51. The number of benzene rings is 1. The van der Waals surface area contributed by atoms with Crippen molar-refractivity contribution in [2.24, 2.45) is 5.84 Å². The highest BCUT2D eigenvalue weighted by Crippen LogP contribution is 2.29. The fourth-order valence-corrected chi connectivity index (χ4v) is 2.91. The van der Waals surface area contributed by atoms with Crippen molar-refractivity contribution in [2.45, 2.75) is 12.3 Å². The molecule has 3 N–H and O–H groups in total. The number of carbonyl (C=O) groups excluding carboxylic acids is 1. The molecule has 1 fully saturated rings. The van der Waals surface area contributed by atoms with Crippen LogP contribution in [0.2, 0.25) is 0 Å². The van der Waals surface area contributed by atoms with Gasteiger partial charge in [0.25, 0.3) is 5.91 Å². The summed E-state index contributed by atoms with van der Waals surface area (Å²) in [5.74, 6) is 5.99. The molecule has 1 saturated heterocycles. The van der Waals surface area contributed by atoms with Gasteiger partial charge >= 0.3 is 0 Å². The molecule has 5 heteroatoms. The van der Waals surface area contributed by atoms with Crippen LogP contribution in [0.5, 0.6) is 0 Å². The van der Waals surface area contributed by atoms with E-state index in [1.807, 2.05) is 19.1 Å². The summed E-state index contributed by atoms with van der Waals surface area (Å²) >= 11 is 1.62. The van der Waals surface area contributed by atoms with Gasteiger partial charge in [-0.2, -0.15) is 0 Å². The summed E-state index contributed by atoms with van der Waals surface area (Å²) < 4.78 is 0. The van der Waals surface area contributed by atoms with Gasteiger partial charge in [0.15, 0.2) is 5.37 Å². The van der Waals surface area contributed by atoms with E-state index in [0.29, 0.717) is 0 Å². The second-order valence-electron chi connectivity index (χ2n) is 3.76. The Morgan fingerprint density at radius 2 is 2.19 bits per heavy atom. The number of anilines is 1. The highest BCUT2D eigenvalue weighted by atomic mass is 32.2. The van der Waals surface area contributed by atoms with E-state index in [9.17, 15) is 4.79 Å². The zero-order valence-corrected chi connectivity index (χ0v) is 9.96. The average molecular weight is 237 g/mol. The number of nitrogens with zero attached hydrogens (tertiary/aromatic N) is 1. The van der Waals surface area contributed by atoms with Crippen LogP contribution in [0, 0.1) is 6.92 Å². The van der Waals surface area contributed by atoms with Gasteiger partial charge in [-0.3, -0.25) is 10.2 Å². The third-order valence-corrected chi connectivity index (χ3v) is 3.83. The summed E-state index contributed by atoms with van der Waals surface area (Å²) in [6, 6.07) is 8.18. The molecule has 0 aliphatic carbocycles. The summed E-state index contributed by atoms with van der Waals surface area (Å²) in [4.78, 5) is 13.6. The molecule has 1 heterocycles. The van der Waals surface area contributed by atoms with Gasteiger partial charge in [-0.05, 0) is 19.1 Å². The minimum atomic E-state index is -0.201. The standard InChI is InChI=1S/C11H15N3OS/c1-8-2-4-9(5-3-8)14-6-7-16-11(14)10(15)13-12/h2-5,11H,6-7,12H2,1H3,(H,13,15)/t11-/m1/s1. The minimum Gasteiger partial charge on any atom is -0.351 e. The molecule has 1 aromatic rings. The molecule has 16 heavy (non-hydrogen) atoms. The van der Waals surface area contributed by atoms with Gasteiger partial charge in [-0.1, -0.05) is 17.7 Å². The Morgan fingerprint density at radius 1 is 1.50 bits per heavy atom. The second-order valence-corrected chi connectivity index (χ2v) is 4.95. The van der Waals surface area contributed by atoms with Gasteiger partial charge < -0.3 is 4.90 Å². The first-order valence-electron chi connectivity index (χ1n) is 5.18. The maximum atomic E-state index is 11.6. The van der Waals surface area contributed by atoms with Gasteiger partial charge in [-0.15, -0.1) is 11.8 Å². The summed E-state index contributed by atoms with van der Waals surface area (Å²) in [7, 11) is 0. The number of aryl methyl sites for hydroxylation is 1. The molecule has 1 atom stereocenters. The number of hydrogen-bond acceptors (Lipinski definition) is 4. The number of nitrogens with one attached hydrogen (secondary N) is 1. The van der Waals surface area contributed by atoms with E-state index in [0.717, 1.165) is 18.0 Å². The maximum Gasteiger partial charge on any atom is 0.267 e. The molecule has 0 saturated carbocycles. The van der Waals surface area contributed by atoms with Gasteiger partial charge in [0.05, 0.1) is 0 Å². The Bertz CT molecular complexity index is 379. The molecule has 0 unspecified atom stereocenters. The first-order chi connectivity index (χ1) is 7.72. The fourth-order valence-electron chi connectivity index (χ4n) is 1.76. The number of carbonyl (C=O) groups is 1. The van der Waals surface area contributed by atoms with Crippen molar-refractivity contribution in [3.8, 4) is 0 Å². The molecule has 1 aromatic carbocycles. The lowest BCUT2D eigenvalue weighted by atomic mass is 10.2. The molecule has 1 aliphatic rings. The lowest BCUT2D eigenvalue weighted by Crippen LogP contribution is -2.44. The number of thioether (sulfide) groups is 1. The average Bonchev–Trinajstić information content (AvgIpc) is 2.78. The third-order valence-electron chi connectivity index (χ3n) is 2.62. The molecule has 0 spiro atoms. The van der Waals surface area contributed by atoms with E-state index in [2.05, 4.69) is 22.5 Å². The number of hydrogen-bond donors (Lipinski definition) is 2. The molecule has 86 valence electrons. The van der Waals surface area contributed by atoms with E-state index in [1.54, 1.807) is 11.8 Å². The molecule has 1 amide bonds. The normalized spacial score (nSPS) is 19.9. The molecule has 2 rings (SSSR count). The van der Waals surface area contributed by atoms with Crippen LogP contribution in [0.4, 0.5) is 5.69 Å². The highest BCUT2D eigenvalue weighted by Gasteiger charge is 2.30.